The zero-order chi connectivity index (χ0) is 19.7. The highest BCUT2D eigenvalue weighted by Crippen LogP contribution is 2.40. The molecule has 2 heterocycles. The molecule has 1 fully saturated rings. The number of carbonyl (C=O) groups excluding carboxylic acids is 2. The quantitative estimate of drug-likeness (QED) is 0.689. The maximum atomic E-state index is 13.2. The molecule has 0 radical (unpaired) electrons. The maximum Gasteiger partial charge on any atom is 0.309 e. The lowest BCUT2D eigenvalue weighted by atomic mass is 10.2. The summed E-state index contributed by atoms with van der Waals surface area (Å²) in [5, 5.41) is 8.75. The van der Waals surface area contributed by atoms with E-state index in [2.05, 4.69) is 10.2 Å². The van der Waals surface area contributed by atoms with Gasteiger partial charge in [0.25, 0.3) is 5.91 Å². The molecule has 1 aliphatic carbocycles. The minimum absolute atomic E-state index is 0.101. The first kappa shape index (κ1) is 19.1. The number of carbonyl (C=O) groups is 2. The van der Waals surface area contributed by atoms with Gasteiger partial charge in [-0.3, -0.25) is 19.0 Å². The van der Waals surface area contributed by atoms with Gasteiger partial charge >= 0.3 is 5.97 Å². The number of aryl methyl sites for hydroxylation is 4. The van der Waals surface area contributed by atoms with Crippen molar-refractivity contribution in [2.24, 2.45) is 25.9 Å². The molecule has 1 amide bonds. The van der Waals surface area contributed by atoms with E-state index in [1.54, 1.807) is 34.3 Å². The Bertz CT molecular complexity index is 834. The molecule has 0 aliphatic heterocycles. The van der Waals surface area contributed by atoms with Crippen LogP contribution in [-0.4, -0.2) is 49.5 Å². The van der Waals surface area contributed by atoms with E-state index >= 15 is 0 Å². The summed E-state index contributed by atoms with van der Waals surface area (Å²) >= 11 is 0. The predicted octanol–water partition coefficient (Wildman–Crippen LogP) is 1.61. The molecule has 0 bridgehead atoms. The molecular formula is C19H27N5O3. The molecule has 8 heteroatoms. The summed E-state index contributed by atoms with van der Waals surface area (Å²) in [7, 11) is 3.65. The second-order valence-corrected chi connectivity index (χ2v) is 7.24. The standard InChI is InChI=1S/C19H27N5O3/c1-6-27-19(26)16-9-14(16)10-24(11-15-8-13(3)22(4)21-15)18(25)17-7-12(2)20-23(17)5/h7-8,14,16H,6,9-11H2,1-5H3/t14-,16+/m1/s1. The first-order chi connectivity index (χ1) is 12.8. The highest BCUT2D eigenvalue weighted by molar-refractivity contribution is 5.92. The van der Waals surface area contributed by atoms with Crippen molar-refractivity contribution in [3.05, 3.63) is 34.9 Å². The van der Waals surface area contributed by atoms with E-state index in [0.717, 1.165) is 23.5 Å². The SMILES string of the molecule is CCOC(=O)[C@H]1C[C@@H]1CN(Cc1cc(C)n(C)n1)C(=O)c1cc(C)nn1C. The van der Waals surface area contributed by atoms with Crippen LogP contribution >= 0.6 is 0 Å². The highest BCUT2D eigenvalue weighted by Gasteiger charge is 2.45. The third kappa shape index (κ3) is 4.20. The molecule has 146 valence electrons. The molecular weight excluding hydrogens is 346 g/mol. The molecule has 27 heavy (non-hydrogen) atoms. The van der Waals surface area contributed by atoms with Crippen molar-refractivity contribution >= 4 is 11.9 Å². The van der Waals surface area contributed by atoms with E-state index in [9.17, 15) is 9.59 Å². The van der Waals surface area contributed by atoms with E-state index in [-0.39, 0.29) is 23.7 Å². The first-order valence-corrected chi connectivity index (χ1v) is 9.26. The number of amides is 1. The fraction of sp³-hybridized carbons (Fsp3) is 0.579. The van der Waals surface area contributed by atoms with Crippen molar-refractivity contribution in [3.63, 3.8) is 0 Å². The Morgan fingerprint density at radius 3 is 2.52 bits per heavy atom. The van der Waals surface area contributed by atoms with Crippen LogP contribution in [0.25, 0.3) is 0 Å². The van der Waals surface area contributed by atoms with Crippen LogP contribution in [0, 0.1) is 25.7 Å². The molecule has 1 saturated carbocycles. The number of esters is 1. The van der Waals surface area contributed by atoms with E-state index in [1.165, 1.54) is 0 Å². The van der Waals surface area contributed by atoms with Gasteiger partial charge in [0.2, 0.25) is 0 Å². The van der Waals surface area contributed by atoms with Crippen LogP contribution in [-0.2, 0) is 30.2 Å². The monoisotopic (exact) mass is 373 g/mol. The molecule has 1 aliphatic rings. The van der Waals surface area contributed by atoms with E-state index < -0.39 is 0 Å². The Hall–Kier alpha value is -2.64. The minimum atomic E-state index is -0.167. The van der Waals surface area contributed by atoms with Crippen LogP contribution in [0.5, 0.6) is 0 Å². The molecule has 0 aromatic carbocycles. The summed E-state index contributed by atoms with van der Waals surface area (Å²) in [5.41, 5.74) is 3.19. The zero-order valence-electron chi connectivity index (χ0n) is 16.6. The zero-order valence-corrected chi connectivity index (χ0v) is 16.6. The van der Waals surface area contributed by atoms with Gasteiger partial charge in [-0.2, -0.15) is 10.2 Å². The smallest absolute Gasteiger partial charge is 0.309 e. The molecule has 2 aromatic heterocycles. The number of hydrogen-bond donors (Lipinski definition) is 0. The van der Waals surface area contributed by atoms with Crippen LogP contribution in [0.4, 0.5) is 0 Å². The normalized spacial score (nSPS) is 18.4. The Labute approximate surface area is 159 Å². The van der Waals surface area contributed by atoms with Gasteiger partial charge in [0.1, 0.15) is 5.69 Å². The summed E-state index contributed by atoms with van der Waals surface area (Å²) in [5.74, 6) is -0.248. The van der Waals surface area contributed by atoms with Crippen LogP contribution < -0.4 is 0 Å². The molecule has 8 nitrogen and oxygen atoms in total. The summed E-state index contributed by atoms with van der Waals surface area (Å²) in [6.45, 7) is 6.93. The summed E-state index contributed by atoms with van der Waals surface area (Å²) < 4.78 is 8.51. The average molecular weight is 373 g/mol. The van der Waals surface area contributed by atoms with Gasteiger partial charge in [0.15, 0.2) is 0 Å². The molecule has 0 saturated heterocycles. The van der Waals surface area contributed by atoms with Gasteiger partial charge in [-0.15, -0.1) is 0 Å². The minimum Gasteiger partial charge on any atom is -0.466 e. The third-order valence-corrected chi connectivity index (χ3v) is 4.99. The Kier molecular flexibility index (Phi) is 5.34. The Morgan fingerprint density at radius 2 is 1.96 bits per heavy atom. The lowest BCUT2D eigenvalue weighted by molar-refractivity contribution is -0.145. The molecule has 2 aromatic rings. The molecule has 0 N–H and O–H groups in total. The number of hydrogen-bond acceptors (Lipinski definition) is 5. The third-order valence-electron chi connectivity index (χ3n) is 4.99. The Morgan fingerprint density at radius 1 is 1.22 bits per heavy atom. The fourth-order valence-corrected chi connectivity index (χ4v) is 3.37. The van der Waals surface area contributed by atoms with Crippen molar-refractivity contribution in [2.75, 3.05) is 13.2 Å². The van der Waals surface area contributed by atoms with Gasteiger partial charge in [-0.25, -0.2) is 0 Å². The second-order valence-electron chi connectivity index (χ2n) is 7.24. The van der Waals surface area contributed by atoms with Crippen molar-refractivity contribution < 1.29 is 14.3 Å². The number of nitrogens with zero attached hydrogens (tertiary/aromatic N) is 5. The van der Waals surface area contributed by atoms with E-state index in [4.69, 9.17) is 4.74 Å². The van der Waals surface area contributed by atoms with Gasteiger partial charge in [0.05, 0.1) is 30.5 Å². The van der Waals surface area contributed by atoms with Gasteiger partial charge in [-0.1, -0.05) is 0 Å². The van der Waals surface area contributed by atoms with Crippen molar-refractivity contribution in [1.82, 2.24) is 24.5 Å². The summed E-state index contributed by atoms with van der Waals surface area (Å²) in [6.07, 6.45) is 0.758. The predicted molar refractivity (Wildman–Crippen MR) is 98.9 cm³/mol. The number of rotatable bonds is 7. The lowest BCUT2D eigenvalue weighted by Gasteiger charge is -2.22. The average Bonchev–Trinajstić information content (AvgIpc) is 3.19. The topological polar surface area (TPSA) is 82.2 Å². The van der Waals surface area contributed by atoms with Gasteiger partial charge in [-0.05, 0) is 45.2 Å². The molecule has 0 spiro atoms. The van der Waals surface area contributed by atoms with Crippen molar-refractivity contribution in [3.8, 4) is 0 Å². The van der Waals surface area contributed by atoms with Gasteiger partial charge in [0, 0.05) is 26.3 Å². The van der Waals surface area contributed by atoms with E-state index in [0.29, 0.717) is 25.4 Å². The van der Waals surface area contributed by atoms with Crippen LogP contribution in [0.2, 0.25) is 0 Å². The second kappa shape index (κ2) is 7.54. The molecule has 3 rings (SSSR count). The lowest BCUT2D eigenvalue weighted by Crippen LogP contribution is -2.34. The number of aromatic nitrogens is 4. The largest absolute Gasteiger partial charge is 0.466 e. The Balaban J connectivity index is 1.77. The number of ether oxygens (including phenoxy) is 1. The van der Waals surface area contributed by atoms with Crippen molar-refractivity contribution in [2.45, 2.75) is 33.7 Å². The van der Waals surface area contributed by atoms with Gasteiger partial charge < -0.3 is 9.64 Å². The fourth-order valence-electron chi connectivity index (χ4n) is 3.37. The van der Waals surface area contributed by atoms with Crippen LogP contribution in [0.3, 0.4) is 0 Å². The van der Waals surface area contributed by atoms with Crippen LogP contribution in [0.1, 0.15) is 40.9 Å². The summed E-state index contributed by atoms with van der Waals surface area (Å²) in [6, 6.07) is 3.76. The summed E-state index contributed by atoms with van der Waals surface area (Å²) in [4.78, 5) is 26.9. The highest BCUT2D eigenvalue weighted by atomic mass is 16.5. The molecule has 0 unspecified atom stereocenters. The van der Waals surface area contributed by atoms with Crippen molar-refractivity contribution in [1.29, 1.82) is 0 Å². The maximum absolute atomic E-state index is 13.2. The van der Waals surface area contributed by atoms with E-state index in [1.807, 2.05) is 27.0 Å². The van der Waals surface area contributed by atoms with Crippen LogP contribution in [0.15, 0.2) is 12.1 Å². The first-order valence-electron chi connectivity index (χ1n) is 9.26. The molecule has 2 atom stereocenters.